The number of nitrogens with zero attached hydrogens (tertiary/aromatic N) is 1. The normalized spacial score (nSPS) is 10.1. The predicted octanol–water partition coefficient (Wildman–Crippen LogP) is 2.24. The average molecular weight is 245 g/mol. The van der Waals surface area contributed by atoms with E-state index >= 15 is 0 Å². The van der Waals surface area contributed by atoms with Crippen LogP contribution in [0.25, 0.3) is 0 Å². The molecule has 0 aliphatic rings. The number of hydrogen-bond donors (Lipinski definition) is 1. The minimum Gasteiger partial charge on any atom is -0.493 e. The molecule has 0 fully saturated rings. The first-order valence-corrected chi connectivity index (χ1v) is 5.24. The van der Waals surface area contributed by atoms with Crippen molar-refractivity contribution in [3.63, 3.8) is 0 Å². The topological polar surface area (TPSA) is 64.4 Å². The molecule has 0 spiro atoms. The summed E-state index contributed by atoms with van der Waals surface area (Å²) in [6.45, 7) is 1.41. The lowest BCUT2D eigenvalue weighted by molar-refractivity contribution is -0.384. The number of benzene rings is 1. The Balaban J connectivity index is 2.56. The first kappa shape index (κ1) is 12.7. The first-order valence-electron chi connectivity index (χ1n) is 4.86. The van der Waals surface area contributed by atoms with Crippen molar-refractivity contribution in [3.05, 3.63) is 33.3 Å². The minimum atomic E-state index is -0.521. The Morgan fingerprint density at radius 2 is 2.31 bits per heavy atom. The third-order valence-corrected chi connectivity index (χ3v) is 2.26. The highest BCUT2D eigenvalue weighted by molar-refractivity contribution is 6.32. The summed E-state index contributed by atoms with van der Waals surface area (Å²) in [5, 5.41) is 13.6. The molecule has 0 heterocycles. The third kappa shape index (κ3) is 3.67. The second kappa shape index (κ2) is 6.30. The standard InChI is InChI=1S/C10H13ClN2O3/c1-12-5-2-6-16-8-3-4-10(13(14)15)9(11)7-8/h3-4,7,12H,2,5-6H2,1H3. The van der Waals surface area contributed by atoms with Gasteiger partial charge in [0.2, 0.25) is 0 Å². The van der Waals surface area contributed by atoms with Crippen LogP contribution in [0.4, 0.5) is 5.69 Å². The quantitative estimate of drug-likeness (QED) is 0.474. The molecule has 0 saturated heterocycles. The number of hydrogen-bond acceptors (Lipinski definition) is 4. The summed E-state index contributed by atoms with van der Waals surface area (Å²) in [6.07, 6.45) is 0.866. The van der Waals surface area contributed by atoms with Crippen molar-refractivity contribution < 1.29 is 9.66 Å². The fourth-order valence-corrected chi connectivity index (χ4v) is 1.40. The molecule has 0 aliphatic carbocycles. The molecule has 1 rings (SSSR count). The second-order valence-electron chi connectivity index (χ2n) is 3.18. The van der Waals surface area contributed by atoms with E-state index in [1.807, 2.05) is 7.05 Å². The molecule has 0 atom stereocenters. The molecule has 1 aromatic carbocycles. The highest BCUT2D eigenvalue weighted by atomic mass is 35.5. The monoisotopic (exact) mass is 244 g/mol. The van der Waals surface area contributed by atoms with Crippen molar-refractivity contribution in [2.24, 2.45) is 0 Å². The second-order valence-corrected chi connectivity index (χ2v) is 3.58. The van der Waals surface area contributed by atoms with Gasteiger partial charge in [0.05, 0.1) is 11.5 Å². The molecular formula is C10H13ClN2O3. The van der Waals surface area contributed by atoms with Crippen molar-refractivity contribution in [2.75, 3.05) is 20.2 Å². The first-order chi connectivity index (χ1) is 7.65. The van der Waals surface area contributed by atoms with E-state index in [9.17, 15) is 10.1 Å². The summed E-state index contributed by atoms with van der Waals surface area (Å²) < 4.78 is 5.38. The molecule has 5 nitrogen and oxygen atoms in total. The van der Waals surface area contributed by atoms with Crippen LogP contribution in [-0.2, 0) is 0 Å². The van der Waals surface area contributed by atoms with Gasteiger partial charge in [-0.3, -0.25) is 10.1 Å². The number of nitrogens with one attached hydrogen (secondary N) is 1. The molecule has 0 aromatic heterocycles. The molecule has 0 amide bonds. The van der Waals surface area contributed by atoms with Gasteiger partial charge in [-0.2, -0.15) is 0 Å². The lowest BCUT2D eigenvalue weighted by Gasteiger charge is -2.06. The van der Waals surface area contributed by atoms with E-state index in [0.717, 1.165) is 13.0 Å². The fraction of sp³-hybridized carbons (Fsp3) is 0.400. The van der Waals surface area contributed by atoms with Gasteiger partial charge in [-0.25, -0.2) is 0 Å². The number of nitro groups is 1. The average Bonchev–Trinajstić information content (AvgIpc) is 2.24. The number of ether oxygens (including phenoxy) is 1. The van der Waals surface area contributed by atoms with Gasteiger partial charge in [-0.05, 0) is 26.1 Å². The molecule has 88 valence electrons. The van der Waals surface area contributed by atoms with Gasteiger partial charge in [-0.1, -0.05) is 11.6 Å². The van der Waals surface area contributed by atoms with Gasteiger partial charge in [0.15, 0.2) is 0 Å². The van der Waals surface area contributed by atoms with E-state index in [0.29, 0.717) is 12.4 Å². The zero-order valence-electron chi connectivity index (χ0n) is 8.90. The van der Waals surface area contributed by atoms with Crippen LogP contribution in [0.3, 0.4) is 0 Å². The van der Waals surface area contributed by atoms with Crippen LogP contribution in [0.1, 0.15) is 6.42 Å². The fourth-order valence-electron chi connectivity index (χ4n) is 1.16. The molecule has 0 bridgehead atoms. The Bertz CT molecular complexity index is 371. The Morgan fingerprint density at radius 1 is 1.56 bits per heavy atom. The summed E-state index contributed by atoms with van der Waals surface area (Å²) in [4.78, 5) is 9.98. The van der Waals surface area contributed by atoms with E-state index in [-0.39, 0.29) is 10.7 Å². The van der Waals surface area contributed by atoms with Crippen LogP contribution >= 0.6 is 11.6 Å². The minimum absolute atomic E-state index is 0.0936. The van der Waals surface area contributed by atoms with Crippen LogP contribution in [0, 0.1) is 10.1 Å². The van der Waals surface area contributed by atoms with Gasteiger partial charge >= 0.3 is 0 Å². The lowest BCUT2D eigenvalue weighted by Crippen LogP contribution is -2.11. The van der Waals surface area contributed by atoms with Gasteiger partial charge in [0, 0.05) is 12.1 Å². The van der Waals surface area contributed by atoms with E-state index in [4.69, 9.17) is 16.3 Å². The molecule has 0 unspecified atom stereocenters. The largest absolute Gasteiger partial charge is 0.493 e. The van der Waals surface area contributed by atoms with Gasteiger partial charge < -0.3 is 10.1 Å². The Morgan fingerprint density at radius 3 is 2.88 bits per heavy atom. The van der Waals surface area contributed by atoms with Crippen LogP contribution in [-0.4, -0.2) is 25.1 Å². The highest BCUT2D eigenvalue weighted by Crippen LogP contribution is 2.28. The number of nitro benzene ring substituents is 1. The Hall–Kier alpha value is -1.33. The van der Waals surface area contributed by atoms with E-state index in [1.54, 1.807) is 6.07 Å². The molecular weight excluding hydrogens is 232 g/mol. The van der Waals surface area contributed by atoms with Gasteiger partial charge in [0.25, 0.3) is 5.69 Å². The maximum absolute atomic E-state index is 10.5. The zero-order valence-corrected chi connectivity index (χ0v) is 9.66. The van der Waals surface area contributed by atoms with Crippen molar-refractivity contribution in [3.8, 4) is 5.75 Å². The van der Waals surface area contributed by atoms with E-state index < -0.39 is 4.92 Å². The summed E-state index contributed by atoms with van der Waals surface area (Å²) in [7, 11) is 1.86. The van der Waals surface area contributed by atoms with Crippen molar-refractivity contribution in [1.29, 1.82) is 0 Å². The van der Waals surface area contributed by atoms with Crippen molar-refractivity contribution in [2.45, 2.75) is 6.42 Å². The lowest BCUT2D eigenvalue weighted by atomic mass is 10.3. The molecule has 0 radical (unpaired) electrons. The smallest absolute Gasteiger partial charge is 0.288 e. The van der Waals surface area contributed by atoms with Gasteiger partial charge in [-0.15, -0.1) is 0 Å². The Kier molecular flexibility index (Phi) is 5.01. The molecule has 16 heavy (non-hydrogen) atoms. The van der Waals surface area contributed by atoms with Crippen LogP contribution in [0.2, 0.25) is 5.02 Å². The molecule has 0 aliphatic heterocycles. The Labute approximate surface area is 98.5 Å². The molecule has 0 saturated carbocycles. The summed E-state index contributed by atoms with van der Waals surface area (Å²) in [5.74, 6) is 0.548. The predicted molar refractivity (Wildman–Crippen MR) is 62.1 cm³/mol. The maximum Gasteiger partial charge on any atom is 0.288 e. The summed E-state index contributed by atoms with van der Waals surface area (Å²) in [6, 6.07) is 4.35. The van der Waals surface area contributed by atoms with Crippen LogP contribution in [0.15, 0.2) is 18.2 Å². The SMILES string of the molecule is CNCCCOc1ccc([N+](=O)[O-])c(Cl)c1. The van der Waals surface area contributed by atoms with Crippen molar-refractivity contribution in [1.82, 2.24) is 5.32 Å². The van der Waals surface area contributed by atoms with E-state index in [2.05, 4.69) is 5.32 Å². The maximum atomic E-state index is 10.5. The third-order valence-electron chi connectivity index (χ3n) is 1.96. The molecule has 6 heteroatoms. The zero-order chi connectivity index (χ0) is 12.0. The highest BCUT2D eigenvalue weighted by Gasteiger charge is 2.12. The van der Waals surface area contributed by atoms with Gasteiger partial charge in [0.1, 0.15) is 10.8 Å². The summed E-state index contributed by atoms with van der Waals surface area (Å²) in [5.41, 5.74) is -0.107. The molecule has 1 aromatic rings. The van der Waals surface area contributed by atoms with Crippen LogP contribution < -0.4 is 10.1 Å². The molecule has 1 N–H and O–H groups in total. The van der Waals surface area contributed by atoms with Crippen molar-refractivity contribution >= 4 is 17.3 Å². The van der Waals surface area contributed by atoms with Crippen LogP contribution in [0.5, 0.6) is 5.75 Å². The number of halogens is 1. The number of rotatable bonds is 6. The summed E-state index contributed by atoms with van der Waals surface area (Å²) >= 11 is 5.73. The van der Waals surface area contributed by atoms with E-state index in [1.165, 1.54) is 12.1 Å².